The Kier molecular flexibility index (Phi) is 4.05. The van der Waals surface area contributed by atoms with Crippen LogP contribution in [-0.4, -0.2) is 36.6 Å². The molecule has 2 heterocycles. The fraction of sp³-hybridized carbons (Fsp3) is 0.0556. The van der Waals surface area contributed by atoms with E-state index in [1.54, 1.807) is 0 Å². The van der Waals surface area contributed by atoms with Crippen LogP contribution in [0.5, 0.6) is 0 Å². The highest BCUT2D eigenvalue weighted by Crippen LogP contribution is 2.30. The molecule has 0 fully saturated rings. The highest BCUT2D eigenvalue weighted by molar-refractivity contribution is 7.90. The summed E-state index contributed by atoms with van der Waals surface area (Å²) in [6.45, 7) is 0. The van der Waals surface area contributed by atoms with Crippen molar-refractivity contribution in [3.05, 3.63) is 65.0 Å². The predicted molar refractivity (Wildman–Crippen MR) is 101 cm³/mol. The summed E-state index contributed by atoms with van der Waals surface area (Å²) in [6, 6.07) is 13.5. The van der Waals surface area contributed by atoms with Crippen LogP contribution >= 0.6 is 11.3 Å². The third-order valence-corrected chi connectivity index (χ3v) is 6.73. The Morgan fingerprint density at radius 1 is 1.15 bits per heavy atom. The van der Waals surface area contributed by atoms with Crippen LogP contribution < -0.4 is 5.32 Å². The summed E-state index contributed by atoms with van der Waals surface area (Å²) in [4.78, 5) is 28.7. The van der Waals surface area contributed by atoms with Crippen LogP contribution in [0, 0.1) is 0 Å². The summed E-state index contributed by atoms with van der Waals surface area (Å²) in [7, 11) is -2.71. The van der Waals surface area contributed by atoms with Gasteiger partial charge in [-0.25, -0.2) is 17.7 Å². The molecule has 3 aromatic rings. The third-order valence-electron chi connectivity index (χ3n) is 4.19. The van der Waals surface area contributed by atoms with Crippen LogP contribution in [0.15, 0.2) is 58.8 Å². The molecule has 0 aliphatic carbocycles. The number of fused-ring (bicyclic) bond motifs is 1. The van der Waals surface area contributed by atoms with Crippen molar-refractivity contribution in [2.45, 2.75) is 4.90 Å². The standard InChI is InChI=1S/C18H13N3O4S2/c1-21-17(23)13-8-7-12(9-15(13)27(21,24)25)16(22)20-18-19-14(10-26-18)11-5-3-2-4-6-11/h2-10H,1H3,(H,19,20,22). The number of hydrogen-bond acceptors (Lipinski definition) is 6. The van der Waals surface area contributed by atoms with E-state index in [1.165, 1.54) is 36.6 Å². The molecular formula is C18H13N3O4S2. The average Bonchev–Trinajstić information content (AvgIpc) is 3.21. The summed E-state index contributed by atoms with van der Waals surface area (Å²) >= 11 is 1.27. The van der Waals surface area contributed by atoms with Gasteiger partial charge in [0.15, 0.2) is 5.13 Å². The Morgan fingerprint density at radius 3 is 2.63 bits per heavy atom. The van der Waals surface area contributed by atoms with Gasteiger partial charge in [0.1, 0.15) is 4.90 Å². The fourth-order valence-corrected chi connectivity index (χ4v) is 4.76. The normalized spacial score (nSPS) is 14.9. The first-order valence-corrected chi connectivity index (χ1v) is 10.2. The Bertz CT molecular complexity index is 1170. The lowest BCUT2D eigenvalue weighted by Gasteiger charge is -2.06. The molecule has 27 heavy (non-hydrogen) atoms. The number of carbonyl (C=O) groups excluding carboxylic acids is 2. The predicted octanol–water partition coefficient (Wildman–Crippen LogP) is 2.84. The minimum atomic E-state index is -3.90. The van der Waals surface area contributed by atoms with Gasteiger partial charge in [-0.3, -0.25) is 14.9 Å². The SMILES string of the molecule is CN1C(=O)c2ccc(C(=O)Nc3nc(-c4ccccc4)cs3)cc2S1(=O)=O. The number of amides is 2. The minimum absolute atomic E-state index is 0.0645. The maximum absolute atomic E-state index is 12.5. The molecule has 1 aliphatic heterocycles. The van der Waals surface area contributed by atoms with Gasteiger partial charge in [-0.2, -0.15) is 0 Å². The lowest BCUT2D eigenvalue weighted by Crippen LogP contribution is -2.24. The van der Waals surface area contributed by atoms with Gasteiger partial charge < -0.3 is 0 Å². The summed E-state index contributed by atoms with van der Waals surface area (Å²) in [5.41, 5.74) is 1.87. The van der Waals surface area contributed by atoms with E-state index < -0.39 is 21.8 Å². The van der Waals surface area contributed by atoms with E-state index in [1.807, 2.05) is 35.7 Å². The van der Waals surface area contributed by atoms with Gasteiger partial charge in [0.25, 0.3) is 21.8 Å². The van der Waals surface area contributed by atoms with Crippen LogP contribution in [0.3, 0.4) is 0 Å². The summed E-state index contributed by atoms with van der Waals surface area (Å²) in [5, 5.41) is 4.89. The number of benzene rings is 2. The molecule has 7 nitrogen and oxygen atoms in total. The van der Waals surface area contributed by atoms with E-state index in [9.17, 15) is 18.0 Å². The molecule has 0 unspecified atom stereocenters. The van der Waals surface area contributed by atoms with Gasteiger partial charge in [0.05, 0.1) is 11.3 Å². The zero-order chi connectivity index (χ0) is 19.2. The molecular weight excluding hydrogens is 386 g/mol. The summed E-state index contributed by atoms with van der Waals surface area (Å²) in [6.07, 6.45) is 0. The molecule has 0 radical (unpaired) electrons. The van der Waals surface area contributed by atoms with Crippen molar-refractivity contribution in [1.82, 2.24) is 9.29 Å². The maximum atomic E-state index is 12.5. The topological polar surface area (TPSA) is 96.4 Å². The highest BCUT2D eigenvalue weighted by atomic mass is 32.2. The molecule has 0 saturated heterocycles. The number of nitrogens with zero attached hydrogens (tertiary/aromatic N) is 2. The van der Waals surface area contributed by atoms with Gasteiger partial charge in [0, 0.05) is 23.6 Å². The third kappa shape index (κ3) is 2.90. The largest absolute Gasteiger partial charge is 0.298 e. The summed E-state index contributed by atoms with van der Waals surface area (Å²) in [5.74, 6) is -1.10. The number of aromatic nitrogens is 1. The average molecular weight is 399 g/mol. The molecule has 2 amide bonds. The van der Waals surface area contributed by atoms with E-state index in [0.717, 1.165) is 11.3 Å². The van der Waals surface area contributed by atoms with Crippen LogP contribution in [0.2, 0.25) is 0 Å². The van der Waals surface area contributed by atoms with Gasteiger partial charge in [-0.1, -0.05) is 30.3 Å². The first-order valence-electron chi connectivity index (χ1n) is 7.87. The van der Waals surface area contributed by atoms with Gasteiger partial charge >= 0.3 is 0 Å². The van der Waals surface area contributed by atoms with Crippen molar-refractivity contribution in [2.75, 3.05) is 12.4 Å². The smallest absolute Gasteiger partial charge is 0.268 e. The van der Waals surface area contributed by atoms with Crippen LogP contribution in [0.25, 0.3) is 11.3 Å². The quantitative estimate of drug-likeness (QED) is 0.731. The lowest BCUT2D eigenvalue weighted by atomic mass is 10.1. The van der Waals surface area contributed by atoms with Gasteiger partial charge in [-0.05, 0) is 18.2 Å². The molecule has 9 heteroatoms. The van der Waals surface area contributed by atoms with Gasteiger partial charge in [-0.15, -0.1) is 11.3 Å². The van der Waals surface area contributed by atoms with E-state index in [2.05, 4.69) is 10.3 Å². The second-order valence-corrected chi connectivity index (χ2v) is 8.64. The van der Waals surface area contributed by atoms with Gasteiger partial charge in [0.2, 0.25) is 0 Å². The summed E-state index contributed by atoms with van der Waals surface area (Å²) < 4.78 is 25.2. The Morgan fingerprint density at radius 2 is 1.89 bits per heavy atom. The monoisotopic (exact) mass is 399 g/mol. The molecule has 1 aromatic heterocycles. The number of hydrogen-bond donors (Lipinski definition) is 1. The number of rotatable bonds is 3. The number of thiazole rings is 1. The van der Waals surface area contributed by atoms with E-state index >= 15 is 0 Å². The Hall–Kier alpha value is -3.04. The molecule has 0 saturated carbocycles. The second-order valence-electron chi connectivity index (χ2n) is 5.85. The van der Waals surface area contributed by atoms with E-state index in [4.69, 9.17) is 0 Å². The van der Waals surface area contributed by atoms with E-state index in [-0.39, 0.29) is 16.0 Å². The van der Waals surface area contributed by atoms with Crippen LogP contribution in [0.4, 0.5) is 5.13 Å². The molecule has 0 spiro atoms. The van der Waals surface area contributed by atoms with Crippen molar-refractivity contribution in [1.29, 1.82) is 0 Å². The molecule has 1 aliphatic rings. The van der Waals surface area contributed by atoms with Crippen molar-refractivity contribution in [3.63, 3.8) is 0 Å². The molecule has 1 N–H and O–H groups in total. The highest BCUT2D eigenvalue weighted by Gasteiger charge is 2.38. The molecule has 0 bridgehead atoms. The van der Waals surface area contributed by atoms with Crippen LogP contribution in [0.1, 0.15) is 20.7 Å². The minimum Gasteiger partial charge on any atom is -0.298 e. The van der Waals surface area contributed by atoms with Crippen molar-refractivity contribution in [3.8, 4) is 11.3 Å². The lowest BCUT2D eigenvalue weighted by molar-refractivity contribution is 0.0890. The number of sulfonamides is 1. The maximum Gasteiger partial charge on any atom is 0.268 e. The van der Waals surface area contributed by atoms with Crippen molar-refractivity contribution >= 4 is 38.3 Å². The first kappa shape index (κ1) is 17.4. The number of nitrogens with one attached hydrogen (secondary N) is 1. The molecule has 0 atom stereocenters. The molecule has 2 aromatic carbocycles. The second kappa shape index (κ2) is 6.29. The van der Waals surface area contributed by atoms with E-state index in [0.29, 0.717) is 9.44 Å². The Labute approximate surface area is 159 Å². The van der Waals surface area contributed by atoms with Crippen LogP contribution in [-0.2, 0) is 10.0 Å². The number of anilines is 1. The molecule has 136 valence electrons. The first-order chi connectivity index (χ1) is 12.9. The number of carbonyl (C=O) groups is 2. The van der Waals surface area contributed by atoms with Crippen molar-refractivity contribution < 1.29 is 18.0 Å². The zero-order valence-electron chi connectivity index (χ0n) is 14.0. The zero-order valence-corrected chi connectivity index (χ0v) is 15.7. The Balaban J connectivity index is 1.60. The van der Waals surface area contributed by atoms with Crippen molar-refractivity contribution in [2.24, 2.45) is 0 Å². The fourth-order valence-electron chi connectivity index (χ4n) is 2.72. The molecule has 4 rings (SSSR count).